The minimum absolute atomic E-state index is 0. The third kappa shape index (κ3) is 17.7. The van der Waals surface area contributed by atoms with E-state index in [-0.39, 0.29) is 12.9 Å². The topological polar surface area (TPSA) is 64.5 Å². The van der Waals surface area contributed by atoms with Crippen molar-refractivity contribution < 1.29 is 9.84 Å². The first kappa shape index (κ1) is 8.86. The van der Waals surface area contributed by atoms with Crippen molar-refractivity contribution in [1.29, 1.82) is 0 Å². The van der Waals surface area contributed by atoms with Crippen LogP contribution in [0.5, 0.6) is 0 Å². The third-order valence-corrected chi connectivity index (χ3v) is 0.129. The highest BCUT2D eigenvalue weighted by Crippen LogP contribution is 1.46. The molecule has 3 nitrogen and oxygen atoms in total. The van der Waals surface area contributed by atoms with Gasteiger partial charge in [-0.25, -0.2) is 0 Å². The highest BCUT2D eigenvalue weighted by molar-refractivity contribution is 3.72. The van der Waals surface area contributed by atoms with Crippen LogP contribution in [-0.2, 0) is 4.74 Å². The van der Waals surface area contributed by atoms with Gasteiger partial charge < -0.3 is 16.0 Å². The molecule has 0 atom stereocenters. The Morgan fingerprint density at radius 2 is 2.00 bits per heavy atom. The van der Waals surface area contributed by atoms with Gasteiger partial charge in [0.15, 0.2) is 0 Å². The molecule has 4 N–H and O–H groups in total. The molecule has 0 aliphatic heterocycles. The van der Waals surface area contributed by atoms with Crippen molar-refractivity contribution in [1.82, 2.24) is 6.15 Å². The number of aliphatic hydroxyl groups excluding tert-OH is 1. The van der Waals surface area contributed by atoms with E-state index >= 15 is 0 Å². The van der Waals surface area contributed by atoms with Crippen molar-refractivity contribution >= 4 is 0 Å². The van der Waals surface area contributed by atoms with E-state index in [4.69, 9.17) is 5.11 Å². The molecule has 0 amide bonds. The zero-order chi connectivity index (χ0) is 3.41. The highest BCUT2D eigenvalue weighted by atomic mass is 16.6. The van der Waals surface area contributed by atoms with Gasteiger partial charge in [-0.2, -0.15) is 0 Å². The first-order chi connectivity index (χ1) is 1.91. The molecule has 0 rings (SSSR count). The largest absolute Gasteiger partial charge is 0.371 e. The van der Waals surface area contributed by atoms with Crippen molar-refractivity contribution in [2.24, 2.45) is 0 Å². The van der Waals surface area contributed by atoms with Crippen LogP contribution in [0.4, 0.5) is 0 Å². The number of aliphatic hydroxyl groups is 1. The zero-order valence-corrected chi connectivity index (χ0v) is 3.27. The van der Waals surface area contributed by atoms with Gasteiger partial charge in [-0.05, 0) is 0 Å². The summed E-state index contributed by atoms with van der Waals surface area (Å²) in [4.78, 5) is 0. The van der Waals surface area contributed by atoms with E-state index in [1.165, 1.54) is 7.11 Å². The monoisotopic (exact) mass is 79.1 g/mol. The lowest BCUT2D eigenvalue weighted by atomic mass is 11.4. The molecule has 0 spiro atoms. The number of hydrogen-bond donors (Lipinski definition) is 2. The maximum absolute atomic E-state index is 7.65. The van der Waals surface area contributed by atoms with Gasteiger partial charge in [0, 0.05) is 7.11 Å². The molecule has 0 aliphatic carbocycles. The van der Waals surface area contributed by atoms with Crippen LogP contribution in [0.25, 0.3) is 0 Å². The van der Waals surface area contributed by atoms with Crippen LogP contribution >= 0.6 is 0 Å². The normalized spacial score (nSPS) is 6.00. The summed E-state index contributed by atoms with van der Waals surface area (Å²) in [6, 6.07) is 0. The number of hydrogen-bond acceptors (Lipinski definition) is 3. The van der Waals surface area contributed by atoms with Crippen LogP contribution in [0.15, 0.2) is 0 Å². The first-order valence-electron chi connectivity index (χ1n) is 1.01. The second kappa shape index (κ2) is 9.11. The Hall–Kier alpha value is -0.120. The van der Waals surface area contributed by atoms with Gasteiger partial charge >= 0.3 is 0 Å². The van der Waals surface area contributed by atoms with E-state index < -0.39 is 0 Å². The predicted molar refractivity (Wildman–Crippen MR) is 19.1 cm³/mol. The lowest BCUT2D eigenvalue weighted by molar-refractivity contribution is 0.0325. The van der Waals surface area contributed by atoms with E-state index in [1.54, 1.807) is 0 Å². The van der Waals surface area contributed by atoms with Gasteiger partial charge in [-0.1, -0.05) is 0 Å². The summed E-state index contributed by atoms with van der Waals surface area (Å²) < 4.78 is 4.10. The molecule has 3 heteroatoms. The van der Waals surface area contributed by atoms with Crippen molar-refractivity contribution in [2.45, 2.75) is 0 Å². The molecule has 0 heterocycles. The fraction of sp³-hybridized carbons (Fsp3) is 1.00. The Morgan fingerprint density at radius 3 is 2.00 bits per heavy atom. The van der Waals surface area contributed by atoms with Gasteiger partial charge in [0.1, 0.15) is 6.79 Å². The lowest BCUT2D eigenvalue weighted by Gasteiger charge is -1.76. The summed E-state index contributed by atoms with van der Waals surface area (Å²) >= 11 is 0. The smallest absolute Gasteiger partial charge is 0.143 e. The van der Waals surface area contributed by atoms with Gasteiger partial charge in [-0.3, -0.25) is 0 Å². The summed E-state index contributed by atoms with van der Waals surface area (Å²) in [5.74, 6) is 0. The van der Waals surface area contributed by atoms with Crippen LogP contribution in [0.1, 0.15) is 0 Å². The molecule has 0 unspecified atom stereocenters. The summed E-state index contributed by atoms with van der Waals surface area (Å²) in [5, 5.41) is 7.65. The molecular weight excluding hydrogens is 70.0 g/mol. The van der Waals surface area contributed by atoms with Gasteiger partial charge in [-0.15, -0.1) is 0 Å². The summed E-state index contributed by atoms with van der Waals surface area (Å²) in [6.45, 7) is -0.181. The quantitative estimate of drug-likeness (QED) is 0.426. The maximum Gasteiger partial charge on any atom is 0.143 e. The van der Waals surface area contributed by atoms with Gasteiger partial charge in [0.05, 0.1) is 0 Å². The Labute approximate surface area is 31.1 Å². The van der Waals surface area contributed by atoms with E-state index in [1.807, 2.05) is 0 Å². The van der Waals surface area contributed by atoms with Crippen LogP contribution in [-0.4, -0.2) is 19.0 Å². The Kier molecular flexibility index (Phi) is 16.1. The van der Waals surface area contributed by atoms with Crippen LogP contribution in [0.2, 0.25) is 0 Å². The molecular formula is C2H9NO2. The van der Waals surface area contributed by atoms with Crippen LogP contribution in [0.3, 0.4) is 0 Å². The number of rotatable bonds is 1. The molecule has 0 saturated heterocycles. The first-order valence-corrected chi connectivity index (χ1v) is 1.01. The standard InChI is InChI=1S/C2H6O2.H3N/c1-4-2-3;/h3H,2H2,1H3;1H3. The minimum atomic E-state index is -0.181. The van der Waals surface area contributed by atoms with Crippen molar-refractivity contribution in [3.8, 4) is 0 Å². The minimum Gasteiger partial charge on any atom is -0.371 e. The second-order valence-electron chi connectivity index (χ2n) is 0.418. The summed E-state index contributed by atoms with van der Waals surface area (Å²) in [7, 11) is 1.43. The van der Waals surface area contributed by atoms with E-state index in [0.717, 1.165) is 0 Å². The molecule has 5 heavy (non-hydrogen) atoms. The van der Waals surface area contributed by atoms with Crippen molar-refractivity contribution in [2.75, 3.05) is 13.9 Å². The molecule has 0 fully saturated rings. The molecule has 0 aromatic carbocycles. The molecule has 0 aromatic rings. The Bertz CT molecular complexity index is 9.61. The Morgan fingerprint density at radius 1 is 1.80 bits per heavy atom. The average Bonchev–Trinajstić information content (AvgIpc) is 1.37. The van der Waals surface area contributed by atoms with E-state index in [9.17, 15) is 0 Å². The zero-order valence-electron chi connectivity index (χ0n) is 3.27. The van der Waals surface area contributed by atoms with Gasteiger partial charge in [0.25, 0.3) is 0 Å². The number of ether oxygens (including phenoxy) is 1. The molecule has 0 radical (unpaired) electrons. The molecule has 0 bridgehead atoms. The Balaban J connectivity index is 0. The van der Waals surface area contributed by atoms with Crippen molar-refractivity contribution in [3.05, 3.63) is 0 Å². The predicted octanol–water partition coefficient (Wildman–Crippen LogP) is -0.255. The molecule has 34 valence electrons. The van der Waals surface area contributed by atoms with E-state index in [2.05, 4.69) is 4.74 Å². The van der Waals surface area contributed by atoms with Crippen LogP contribution in [0, 0.1) is 0 Å². The molecule has 0 aromatic heterocycles. The summed E-state index contributed by atoms with van der Waals surface area (Å²) in [5.41, 5.74) is 0. The fourth-order valence-electron chi connectivity index (χ4n) is 0. The summed E-state index contributed by atoms with van der Waals surface area (Å²) in [6.07, 6.45) is 0. The highest BCUT2D eigenvalue weighted by Gasteiger charge is 1.51. The lowest BCUT2D eigenvalue weighted by Crippen LogP contribution is -1.79. The average molecular weight is 79.1 g/mol. The fourth-order valence-corrected chi connectivity index (χ4v) is 0. The number of methoxy groups -OCH3 is 1. The molecule has 0 saturated carbocycles. The third-order valence-electron chi connectivity index (χ3n) is 0.129. The second-order valence-corrected chi connectivity index (χ2v) is 0.418. The van der Waals surface area contributed by atoms with E-state index in [0.29, 0.717) is 0 Å². The van der Waals surface area contributed by atoms with Gasteiger partial charge in [0.2, 0.25) is 0 Å². The van der Waals surface area contributed by atoms with Crippen LogP contribution < -0.4 is 6.15 Å². The van der Waals surface area contributed by atoms with Crippen molar-refractivity contribution in [3.63, 3.8) is 0 Å². The SMILES string of the molecule is COCO.N. The molecule has 0 aliphatic rings. The maximum atomic E-state index is 7.65.